The Bertz CT molecular complexity index is 504. The number of methoxy groups -OCH3 is 1. The van der Waals surface area contributed by atoms with Gasteiger partial charge in [0.25, 0.3) is 0 Å². The highest BCUT2D eigenvalue weighted by molar-refractivity contribution is 5.39. The van der Waals surface area contributed by atoms with Crippen molar-refractivity contribution in [1.29, 1.82) is 0 Å². The van der Waals surface area contributed by atoms with Crippen LogP contribution < -0.4 is 10.6 Å². The highest BCUT2D eigenvalue weighted by Crippen LogP contribution is 2.07. The molecule has 0 bridgehead atoms. The molecule has 0 spiro atoms. The number of aromatic nitrogens is 2. The minimum Gasteiger partial charge on any atom is -0.385 e. The molecule has 0 saturated carbocycles. The Labute approximate surface area is 119 Å². The van der Waals surface area contributed by atoms with E-state index >= 15 is 0 Å². The molecule has 2 rings (SSSR count). The SMILES string of the molecule is COCCCNc1ccnc(NCc2ccccc2)n1. The van der Waals surface area contributed by atoms with Crippen LogP contribution in [0.15, 0.2) is 42.6 Å². The summed E-state index contributed by atoms with van der Waals surface area (Å²) in [6.07, 6.45) is 2.70. The average molecular weight is 272 g/mol. The first kappa shape index (κ1) is 14.3. The maximum absolute atomic E-state index is 5.01. The largest absolute Gasteiger partial charge is 0.385 e. The molecule has 0 radical (unpaired) electrons. The van der Waals surface area contributed by atoms with Crippen LogP contribution in [0.2, 0.25) is 0 Å². The molecule has 2 N–H and O–H groups in total. The molecule has 0 unspecified atom stereocenters. The summed E-state index contributed by atoms with van der Waals surface area (Å²) in [7, 11) is 1.70. The van der Waals surface area contributed by atoms with Crippen molar-refractivity contribution in [3.05, 3.63) is 48.2 Å². The zero-order chi connectivity index (χ0) is 14.0. The van der Waals surface area contributed by atoms with Crippen molar-refractivity contribution in [2.45, 2.75) is 13.0 Å². The Morgan fingerprint density at radius 2 is 1.95 bits per heavy atom. The van der Waals surface area contributed by atoms with E-state index in [1.807, 2.05) is 24.3 Å². The number of ether oxygens (including phenoxy) is 1. The van der Waals surface area contributed by atoms with Crippen molar-refractivity contribution in [2.75, 3.05) is 30.9 Å². The number of nitrogens with zero attached hydrogens (tertiary/aromatic N) is 2. The van der Waals surface area contributed by atoms with Gasteiger partial charge in [0.15, 0.2) is 0 Å². The van der Waals surface area contributed by atoms with Gasteiger partial charge >= 0.3 is 0 Å². The molecular weight excluding hydrogens is 252 g/mol. The molecule has 0 aliphatic heterocycles. The monoisotopic (exact) mass is 272 g/mol. The zero-order valence-corrected chi connectivity index (χ0v) is 11.7. The molecular formula is C15H20N4O. The van der Waals surface area contributed by atoms with Crippen LogP contribution in [-0.2, 0) is 11.3 Å². The van der Waals surface area contributed by atoms with Gasteiger partial charge in [-0.25, -0.2) is 4.98 Å². The lowest BCUT2D eigenvalue weighted by Gasteiger charge is -2.08. The van der Waals surface area contributed by atoms with Crippen LogP contribution >= 0.6 is 0 Å². The van der Waals surface area contributed by atoms with E-state index in [4.69, 9.17) is 4.74 Å². The van der Waals surface area contributed by atoms with Crippen LogP contribution in [0, 0.1) is 0 Å². The van der Waals surface area contributed by atoms with Crippen LogP contribution in [0.5, 0.6) is 0 Å². The molecule has 20 heavy (non-hydrogen) atoms. The molecule has 0 aliphatic rings. The molecule has 5 nitrogen and oxygen atoms in total. The molecule has 0 atom stereocenters. The lowest BCUT2D eigenvalue weighted by molar-refractivity contribution is 0.198. The summed E-state index contributed by atoms with van der Waals surface area (Å²) in [5.41, 5.74) is 1.20. The van der Waals surface area contributed by atoms with E-state index < -0.39 is 0 Å². The fraction of sp³-hybridized carbons (Fsp3) is 0.333. The summed E-state index contributed by atoms with van der Waals surface area (Å²) in [5.74, 6) is 1.46. The molecule has 0 saturated heterocycles. The molecule has 0 amide bonds. The van der Waals surface area contributed by atoms with E-state index in [1.54, 1.807) is 13.3 Å². The third-order valence-electron chi connectivity index (χ3n) is 2.78. The van der Waals surface area contributed by atoms with E-state index in [0.717, 1.165) is 25.4 Å². The fourth-order valence-electron chi connectivity index (χ4n) is 1.75. The second-order valence-electron chi connectivity index (χ2n) is 4.38. The van der Waals surface area contributed by atoms with E-state index in [9.17, 15) is 0 Å². The lowest BCUT2D eigenvalue weighted by atomic mass is 10.2. The lowest BCUT2D eigenvalue weighted by Crippen LogP contribution is -2.08. The minimum absolute atomic E-state index is 0.630. The molecule has 1 aromatic carbocycles. The minimum atomic E-state index is 0.630. The maximum Gasteiger partial charge on any atom is 0.224 e. The van der Waals surface area contributed by atoms with Crippen molar-refractivity contribution in [3.63, 3.8) is 0 Å². The molecule has 0 aliphatic carbocycles. The second kappa shape index (κ2) is 8.12. The van der Waals surface area contributed by atoms with Gasteiger partial charge in [0.05, 0.1) is 0 Å². The van der Waals surface area contributed by atoms with Crippen LogP contribution in [0.25, 0.3) is 0 Å². The molecule has 2 aromatic rings. The summed E-state index contributed by atoms with van der Waals surface area (Å²) >= 11 is 0. The van der Waals surface area contributed by atoms with E-state index in [-0.39, 0.29) is 0 Å². The van der Waals surface area contributed by atoms with Crippen LogP contribution in [0.3, 0.4) is 0 Å². The highest BCUT2D eigenvalue weighted by atomic mass is 16.5. The summed E-state index contributed by atoms with van der Waals surface area (Å²) in [4.78, 5) is 8.62. The van der Waals surface area contributed by atoms with Gasteiger partial charge in [-0.3, -0.25) is 0 Å². The third-order valence-corrected chi connectivity index (χ3v) is 2.78. The van der Waals surface area contributed by atoms with Crippen LogP contribution in [0.4, 0.5) is 11.8 Å². The number of anilines is 2. The van der Waals surface area contributed by atoms with Gasteiger partial charge in [-0.15, -0.1) is 0 Å². The van der Waals surface area contributed by atoms with Crippen LogP contribution in [-0.4, -0.2) is 30.2 Å². The normalized spacial score (nSPS) is 10.2. The van der Waals surface area contributed by atoms with E-state index in [1.165, 1.54) is 5.56 Å². The Morgan fingerprint density at radius 1 is 1.10 bits per heavy atom. The quantitative estimate of drug-likeness (QED) is 0.723. The molecule has 1 heterocycles. The summed E-state index contributed by atoms with van der Waals surface area (Å²) in [5, 5.41) is 6.46. The number of benzene rings is 1. The van der Waals surface area contributed by atoms with Crippen molar-refractivity contribution < 1.29 is 4.74 Å². The average Bonchev–Trinajstić information content (AvgIpc) is 2.51. The van der Waals surface area contributed by atoms with Gasteiger partial charge in [-0.2, -0.15) is 4.98 Å². The first-order valence-electron chi connectivity index (χ1n) is 6.72. The summed E-state index contributed by atoms with van der Waals surface area (Å²) in [6, 6.07) is 12.0. The van der Waals surface area contributed by atoms with Gasteiger partial charge in [0.2, 0.25) is 5.95 Å². The van der Waals surface area contributed by atoms with Crippen molar-refractivity contribution in [2.24, 2.45) is 0 Å². The first-order valence-corrected chi connectivity index (χ1v) is 6.72. The molecule has 106 valence electrons. The van der Waals surface area contributed by atoms with Crippen molar-refractivity contribution in [3.8, 4) is 0 Å². The van der Waals surface area contributed by atoms with Gasteiger partial charge in [0.1, 0.15) is 5.82 Å². The van der Waals surface area contributed by atoms with Crippen LogP contribution in [0.1, 0.15) is 12.0 Å². The maximum atomic E-state index is 5.01. The predicted molar refractivity (Wildman–Crippen MR) is 80.8 cm³/mol. The first-order chi connectivity index (χ1) is 9.88. The molecule has 5 heteroatoms. The second-order valence-corrected chi connectivity index (χ2v) is 4.38. The highest BCUT2D eigenvalue weighted by Gasteiger charge is 1.99. The Kier molecular flexibility index (Phi) is 5.79. The van der Waals surface area contributed by atoms with Crippen molar-refractivity contribution >= 4 is 11.8 Å². The number of hydrogen-bond donors (Lipinski definition) is 2. The number of rotatable bonds is 8. The molecule has 0 fully saturated rings. The van der Waals surface area contributed by atoms with Gasteiger partial charge in [-0.05, 0) is 18.1 Å². The van der Waals surface area contributed by atoms with E-state index in [2.05, 4.69) is 32.7 Å². The summed E-state index contributed by atoms with van der Waals surface area (Å²) in [6.45, 7) is 2.30. The standard InChI is InChI=1S/C15H20N4O/c1-20-11-5-9-16-14-8-10-17-15(19-14)18-12-13-6-3-2-4-7-13/h2-4,6-8,10H,5,9,11-12H2,1H3,(H2,16,17,18,19). The Hall–Kier alpha value is -2.14. The topological polar surface area (TPSA) is 59.1 Å². The Balaban J connectivity index is 1.83. The smallest absolute Gasteiger partial charge is 0.224 e. The van der Waals surface area contributed by atoms with E-state index in [0.29, 0.717) is 12.5 Å². The zero-order valence-electron chi connectivity index (χ0n) is 11.7. The van der Waals surface area contributed by atoms with Crippen molar-refractivity contribution in [1.82, 2.24) is 9.97 Å². The number of hydrogen-bond acceptors (Lipinski definition) is 5. The third kappa shape index (κ3) is 4.85. The predicted octanol–water partition coefficient (Wildman–Crippen LogP) is 2.54. The van der Waals surface area contributed by atoms with Gasteiger partial charge in [-0.1, -0.05) is 30.3 Å². The number of nitrogens with one attached hydrogen (secondary N) is 2. The fourth-order valence-corrected chi connectivity index (χ4v) is 1.75. The van der Waals surface area contributed by atoms with Gasteiger partial charge < -0.3 is 15.4 Å². The summed E-state index contributed by atoms with van der Waals surface area (Å²) < 4.78 is 5.01. The Morgan fingerprint density at radius 3 is 2.75 bits per heavy atom. The van der Waals surface area contributed by atoms with Gasteiger partial charge in [0, 0.05) is 33.0 Å². The molecule has 1 aromatic heterocycles.